The molecule has 0 spiro atoms. The average molecular weight is 407 g/mol. The van der Waals surface area contributed by atoms with Crippen molar-refractivity contribution in [2.24, 2.45) is 7.05 Å². The molecule has 0 atom stereocenters. The van der Waals surface area contributed by atoms with Gasteiger partial charge in [0.05, 0.1) is 24.4 Å². The van der Waals surface area contributed by atoms with E-state index < -0.39 is 0 Å². The molecule has 1 aromatic heterocycles. The number of carbonyl (C=O) groups excluding carboxylic acids is 1. The second kappa shape index (κ2) is 8.48. The first kappa shape index (κ1) is 20.4. The molecular weight excluding hydrogens is 376 g/mol. The lowest BCUT2D eigenvalue weighted by atomic mass is 10.00. The van der Waals surface area contributed by atoms with E-state index in [0.29, 0.717) is 38.4 Å². The van der Waals surface area contributed by atoms with Gasteiger partial charge in [-0.3, -0.25) is 4.79 Å². The number of imidazole rings is 1. The predicted octanol–water partition coefficient (Wildman–Crippen LogP) is 3.84. The van der Waals surface area contributed by atoms with Gasteiger partial charge in [0.1, 0.15) is 11.3 Å². The van der Waals surface area contributed by atoms with Crippen LogP contribution in [0.25, 0.3) is 11.0 Å². The number of aromatic nitrogens is 2. The number of benzene rings is 2. The molecule has 3 aromatic rings. The van der Waals surface area contributed by atoms with Gasteiger partial charge in [0.15, 0.2) is 0 Å². The van der Waals surface area contributed by atoms with Gasteiger partial charge in [-0.15, -0.1) is 0 Å². The summed E-state index contributed by atoms with van der Waals surface area (Å²) < 4.78 is 7.45. The summed E-state index contributed by atoms with van der Waals surface area (Å²) >= 11 is 0. The molecule has 0 aliphatic carbocycles. The Kier molecular flexibility index (Phi) is 5.77. The first-order valence-corrected chi connectivity index (χ1v) is 10.6. The van der Waals surface area contributed by atoms with Gasteiger partial charge >= 0.3 is 0 Å². The van der Waals surface area contributed by atoms with E-state index in [0.717, 1.165) is 29.0 Å². The SMILES string of the molecule is CCc1cccc(C)c1CNc1cc(C(=O)N2CCOCC2)cc2c1nc(C)n2C. The number of carbonyl (C=O) groups is 1. The van der Waals surface area contributed by atoms with E-state index in [2.05, 4.69) is 37.4 Å². The second-order valence-corrected chi connectivity index (χ2v) is 7.93. The highest BCUT2D eigenvalue weighted by atomic mass is 16.5. The molecule has 6 nitrogen and oxygen atoms in total. The van der Waals surface area contributed by atoms with Crippen LogP contribution in [0.2, 0.25) is 0 Å². The van der Waals surface area contributed by atoms with Gasteiger partial charge in [0, 0.05) is 32.2 Å². The maximum Gasteiger partial charge on any atom is 0.254 e. The Morgan fingerprint density at radius 2 is 1.97 bits per heavy atom. The van der Waals surface area contributed by atoms with E-state index in [-0.39, 0.29) is 5.91 Å². The van der Waals surface area contributed by atoms with Crippen LogP contribution in [0.3, 0.4) is 0 Å². The first-order chi connectivity index (χ1) is 14.5. The predicted molar refractivity (Wildman–Crippen MR) is 120 cm³/mol. The molecule has 0 unspecified atom stereocenters. The second-order valence-electron chi connectivity index (χ2n) is 7.93. The lowest BCUT2D eigenvalue weighted by Crippen LogP contribution is -2.40. The molecule has 4 rings (SSSR count). The third kappa shape index (κ3) is 3.79. The summed E-state index contributed by atoms with van der Waals surface area (Å²) in [6.45, 7) is 9.48. The number of hydrogen-bond donors (Lipinski definition) is 1. The van der Waals surface area contributed by atoms with Crippen molar-refractivity contribution in [1.29, 1.82) is 0 Å². The molecule has 0 bridgehead atoms. The molecule has 1 aliphatic heterocycles. The minimum Gasteiger partial charge on any atom is -0.379 e. The van der Waals surface area contributed by atoms with Crippen LogP contribution in [0.1, 0.15) is 39.8 Å². The maximum absolute atomic E-state index is 13.2. The van der Waals surface area contributed by atoms with Gasteiger partial charge in [0.25, 0.3) is 5.91 Å². The Hall–Kier alpha value is -2.86. The lowest BCUT2D eigenvalue weighted by molar-refractivity contribution is 0.0303. The number of morpholine rings is 1. The Bertz CT molecular complexity index is 1080. The van der Waals surface area contributed by atoms with E-state index in [1.807, 2.05) is 35.6 Å². The Morgan fingerprint density at radius 1 is 1.20 bits per heavy atom. The van der Waals surface area contributed by atoms with Crippen LogP contribution in [0, 0.1) is 13.8 Å². The number of anilines is 1. The van der Waals surface area contributed by atoms with Crippen LogP contribution in [0.15, 0.2) is 30.3 Å². The first-order valence-electron chi connectivity index (χ1n) is 10.6. The summed E-state index contributed by atoms with van der Waals surface area (Å²) in [5, 5.41) is 3.59. The molecule has 0 radical (unpaired) electrons. The summed E-state index contributed by atoms with van der Waals surface area (Å²) in [5.41, 5.74) is 7.39. The number of aryl methyl sites for hydroxylation is 4. The fourth-order valence-corrected chi connectivity index (χ4v) is 4.14. The highest BCUT2D eigenvalue weighted by Crippen LogP contribution is 2.28. The lowest BCUT2D eigenvalue weighted by Gasteiger charge is -2.27. The summed E-state index contributed by atoms with van der Waals surface area (Å²) in [5.74, 6) is 0.974. The molecule has 30 heavy (non-hydrogen) atoms. The molecular formula is C24H30N4O2. The van der Waals surface area contributed by atoms with E-state index in [4.69, 9.17) is 9.72 Å². The zero-order chi connectivity index (χ0) is 21.3. The summed E-state index contributed by atoms with van der Waals surface area (Å²) in [6, 6.07) is 10.4. The topological polar surface area (TPSA) is 59.4 Å². The number of fused-ring (bicyclic) bond motifs is 1. The molecule has 1 amide bonds. The van der Waals surface area contributed by atoms with E-state index in [1.165, 1.54) is 16.7 Å². The van der Waals surface area contributed by atoms with E-state index in [1.54, 1.807) is 0 Å². The third-order valence-electron chi connectivity index (χ3n) is 6.10. The molecule has 158 valence electrons. The van der Waals surface area contributed by atoms with Crippen molar-refractivity contribution in [3.05, 3.63) is 58.4 Å². The number of nitrogens with zero attached hydrogens (tertiary/aromatic N) is 3. The monoisotopic (exact) mass is 406 g/mol. The zero-order valence-electron chi connectivity index (χ0n) is 18.3. The van der Waals surface area contributed by atoms with Gasteiger partial charge < -0.3 is 19.5 Å². The minimum atomic E-state index is 0.0484. The van der Waals surface area contributed by atoms with E-state index in [9.17, 15) is 4.79 Å². The fourth-order valence-electron chi connectivity index (χ4n) is 4.14. The summed E-state index contributed by atoms with van der Waals surface area (Å²) in [6.07, 6.45) is 0.992. The number of nitrogens with one attached hydrogen (secondary N) is 1. The quantitative estimate of drug-likeness (QED) is 0.699. The zero-order valence-corrected chi connectivity index (χ0v) is 18.3. The van der Waals surface area contributed by atoms with Crippen molar-refractivity contribution in [2.75, 3.05) is 31.6 Å². The standard InChI is InChI=1S/C24H30N4O2/c1-5-18-8-6-7-16(2)20(18)15-25-21-13-19(24(29)28-9-11-30-12-10-28)14-22-23(21)26-17(3)27(22)4/h6-8,13-14,25H,5,9-12,15H2,1-4H3. The number of ether oxygens (including phenoxy) is 1. The smallest absolute Gasteiger partial charge is 0.254 e. The van der Waals surface area contributed by atoms with Crippen LogP contribution >= 0.6 is 0 Å². The molecule has 1 fully saturated rings. The van der Waals surface area contributed by atoms with Crippen molar-refractivity contribution in [3.63, 3.8) is 0 Å². The summed E-state index contributed by atoms with van der Waals surface area (Å²) in [7, 11) is 1.99. The molecule has 2 heterocycles. The molecule has 2 aromatic carbocycles. The number of hydrogen-bond acceptors (Lipinski definition) is 4. The average Bonchev–Trinajstić information content (AvgIpc) is 3.06. The normalized spacial score (nSPS) is 14.3. The number of rotatable bonds is 5. The van der Waals surface area contributed by atoms with Crippen molar-refractivity contribution in [3.8, 4) is 0 Å². The van der Waals surface area contributed by atoms with Crippen molar-refractivity contribution < 1.29 is 9.53 Å². The van der Waals surface area contributed by atoms with Gasteiger partial charge in [0.2, 0.25) is 0 Å². The molecule has 1 aliphatic rings. The maximum atomic E-state index is 13.2. The Labute approximate surface area is 177 Å². The van der Waals surface area contributed by atoms with Gasteiger partial charge in [-0.05, 0) is 49.1 Å². The van der Waals surface area contributed by atoms with Gasteiger partial charge in [-0.2, -0.15) is 0 Å². The van der Waals surface area contributed by atoms with Crippen LogP contribution < -0.4 is 5.32 Å². The molecule has 1 saturated heterocycles. The fraction of sp³-hybridized carbons (Fsp3) is 0.417. The van der Waals surface area contributed by atoms with Crippen LogP contribution in [-0.2, 0) is 24.8 Å². The van der Waals surface area contributed by atoms with Crippen molar-refractivity contribution >= 4 is 22.6 Å². The van der Waals surface area contributed by atoms with Crippen molar-refractivity contribution in [1.82, 2.24) is 14.5 Å². The Balaban J connectivity index is 1.71. The minimum absolute atomic E-state index is 0.0484. The highest BCUT2D eigenvalue weighted by Gasteiger charge is 2.21. The van der Waals surface area contributed by atoms with Crippen LogP contribution in [0.5, 0.6) is 0 Å². The number of amides is 1. The van der Waals surface area contributed by atoms with Crippen LogP contribution in [-0.4, -0.2) is 46.7 Å². The molecule has 1 N–H and O–H groups in total. The van der Waals surface area contributed by atoms with E-state index >= 15 is 0 Å². The largest absolute Gasteiger partial charge is 0.379 e. The van der Waals surface area contributed by atoms with Gasteiger partial charge in [-0.25, -0.2) is 4.98 Å². The molecule has 0 saturated carbocycles. The molecule has 6 heteroatoms. The van der Waals surface area contributed by atoms with Gasteiger partial charge in [-0.1, -0.05) is 25.1 Å². The highest BCUT2D eigenvalue weighted by molar-refractivity contribution is 6.01. The summed E-state index contributed by atoms with van der Waals surface area (Å²) in [4.78, 5) is 19.8. The Morgan fingerprint density at radius 3 is 2.70 bits per heavy atom. The van der Waals surface area contributed by atoms with Crippen molar-refractivity contribution in [2.45, 2.75) is 33.7 Å². The van der Waals surface area contributed by atoms with Crippen LogP contribution in [0.4, 0.5) is 5.69 Å². The third-order valence-corrected chi connectivity index (χ3v) is 6.10.